The van der Waals surface area contributed by atoms with Crippen LogP contribution < -0.4 is 5.32 Å². The number of carbonyl (C=O) groups is 1. The molecule has 2 bridgehead atoms. The molecular formula is C23H20N2O. The maximum Gasteiger partial charge on any atom is 0.224 e. The lowest BCUT2D eigenvalue weighted by molar-refractivity contribution is -0.126. The van der Waals surface area contributed by atoms with Crippen molar-refractivity contribution in [3.63, 3.8) is 0 Å². The molecule has 0 aliphatic heterocycles. The summed E-state index contributed by atoms with van der Waals surface area (Å²) in [5, 5.41) is 3.14. The SMILES string of the molecule is O=C(NCc1cccnc1)[C@H]1CC2c3ccccc3C1c1ccccc12. The zero-order valence-corrected chi connectivity index (χ0v) is 14.4. The molecule has 0 saturated carbocycles. The van der Waals surface area contributed by atoms with Gasteiger partial charge < -0.3 is 5.32 Å². The van der Waals surface area contributed by atoms with Gasteiger partial charge in [-0.05, 0) is 40.3 Å². The third kappa shape index (κ3) is 2.35. The van der Waals surface area contributed by atoms with Crippen LogP contribution in [0.15, 0.2) is 73.1 Å². The topological polar surface area (TPSA) is 42.0 Å². The van der Waals surface area contributed by atoms with Crippen LogP contribution in [0.4, 0.5) is 0 Å². The maximum absolute atomic E-state index is 13.0. The Bertz CT molecular complexity index is 919. The van der Waals surface area contributed by atoms with E-state index in [4.69, 9.17) is 0 Å². The van der Waals surface area contributed by atoms with Crippen LogP contribution in [0.5, 0.6) is 0 Å². The summed E-state index contributed by atoms with van der Waals surface area (Å²) < 4.78 is 0. The maximum atomic E-state index is 13.0. The minimum Gasteiger partial charge on any atom is -0.352 e. The van der Waals surface area contributed by atoms with Gasteiger partial charge in [-0.1, -0.05) is 54.6 Å². The van der Waals surface area contributed by atoms with Gasteiger partial charge in [-0.2, -0.15) is 0 Å². The molecule has 3 aliphatic rings. The van der Waals surface area contributed by atoms with Gasteiger partial charge in [0.25, 0.3) is 0 Å². The van der Waals surface area contributed by atoms with Gasteiger partial charge in [0, 0.05) is 36.7 Å². The lowest BCUT2D eigenvalue weighted by atomic mass is 9.59. The van der Waals surface area contributed by atoms with E-state index in [0.29, 0.717) is 12.5 Å². The summed E-state index contributed by atoms with van der Waals surface area (Å²) in [5.41, 5.74) is 6.47. The largest absolute Gasteiger partial charge is 0.352 e. The molecule has 6 rings (SSSR count). The third-order valence-corrected chi connectivity index (χ3v) is 5.83. The molecule has 1 atom stereocenters. The Kier molecular flexibility index (Phi) is 3.59. The van der Waals surface area contributed by atoms with E-state index in [1.54, 1.807) is 12.4 Å². The molecule has 3 aromatic rings. The first-order valence-electron chi connectivity index (χ1n) is 9.17. The Labute approximate surface area is 153 Å². The zero-order chi connectivity index (χ0) is 17.5. The smallest absolute Gasteiger partial charge is 0.224 e. The molecule has 3 heteroatoms. The Hall–Kier alpha value is -2.94. The van der Waals surface area contributed by atoms with Crippen molar-refractivity contribution in [2.45, 2.75) is 24.8 Å². The summed E-state index contributed by atoms with van der Waals surface area (Å²) in [4.78, 5) is 17.2. The van der Waals surface area contributed by atoms with Gasteiger partial charge in [0.1, 0.15) is 0 Å². The minimum absolute atomic E-state index is 0.0125. The van der Waals surface area contributed by atoms with E-state index in [-0.39, 0.29) is 17.7 Å². The fourth-order valence-electron chi connectivity index (χ4n) is 4.72. The first-order valence-corrected chi connectivity index (χ1v) is 9.17. The van der Waals surface area contributed by atoms with E-state index < -0.39 is 0 Å². The highest BCUT2D eigenvalue weighted by molar-refractivity contribution is 5.82. The van der Waals surface area contributed by atoms with Crippen LogP contribution in [0.1, 0.15) is 46.1 Å². The number of hydrogen-bond donors (Lipinski definition) is 1. The van der Waals surface area contributed by atoms with E-state index in [0.717, 1.165) is 12.0 Å². The normalized spacial score (nSPS) is 22.4. The molecule has 0 radical (unpaired) electrons. The summed E-state index contributed by atoms with van der Waals surface area (Å²) in [6.45, 7) is 0.532. The Morgan fingerprint density at radius 2 is 1.58 bits per heavy atom. The lowest BCUT2D eigenvalue weighted by Gasteiger charge is -2.44. The predicted molar refractivity (Wildman–Crippen MR) is 101 cm³/mol. The number of aromatic nitrogens is 1. The molecule has 26 heavy (non-hydrogen) atoms. The molecule has 0 spiro atoms. The van der Waals surface area contributed by atoms with Gasteiger partial charge in [0.2, 0.25) is 5.91 Å². The summed E-state index contributed by atoms with van der Waals surface area (Å²) in [6.07, 6.45) is 4.44. The van der Waals surface area contributed by atoms with Gasteiger partial charge in [0.05, 0.1) is 0 Å². The highest BCUT2D eigenvalue weighted by Gasteiger charge is 2.45. The fraction of sp³-hybridized carbons (Fsp3) is 0.217. The van der Waals surface area contributed by atoms with Crippen LogP contribution in [-0.2, 0) is 11.3 Å². The van der Waals surface area contributed by atoms with Crippen molar-refractivity contribution in [2.75, 3.05) is 0 Å². The molecule has 0 unspecified atom stereocenters. The summed E-state index contributed by atoms with van der Waals surface area (Å²) in [7, 11) is 0. The average Bonchev–Trinajstić information content (AvgIpc) is 2.73. The van der Waals surface area contributed by atoms with E-state index in [2.05, 4.69) is 58.8 Å². The molecule has 0 saturated heterocycles. The number of pyridine rings is 1. The summed E-state index contributed by atoms with van der Waals surface area (Å²) in [6, 6.07) is 21.1. The van der Waals surface area contributed by atoms with Crippen molar-refractivity contribution in [3.05, 3.63) is 101 Å². The molecule has 3 aliphatic carbocycles. The van der Waals surface area contributed by atoms with Gasteiger partial charge in [-0.15, -0.1) is 0 Å². The van der Waals surface area contributed by atoms with Crippen LogP contribution in [0, 0.1) is 5.92 Å². The number of fused-ring (bicyclic) bond motifs is 1. The number of carbonyl (C=O) groups excluding carboxylic acids is 1. The zero-order valence-electron chi connectivity index (χ0n) is 14.4. The number of amides is 1. The molecule has 1 N–H and O–H groups in total. The van der Waals surface area contributed by atoms with Crippen LogP contribution in [0.3, 0.4) is 0 Å². The molecule has 1 heterocycles. The molecule has 1 aromatic heterocycles. The van der Waals surface area contributed by atoms with Crippen LogP contribution in [-0.4, -0.2) is 10.9 Å². The lowest BCUT2D eigenvalue weighted by Crippen LogP contribution is -2.41. The van der Waals surface area contributed by atoms with Crippen LogP contribution in [0.2, 0.25) is 0 Å². The second-order valence-corrected chi connectivity index (χ2v) is 7.21. The molecule has 1 amide bonds. The van der Waals surface area contributed by atoms with Crippen molar-refractivity contribution in [2.24, 2.45) is 5.92 Å². The Balaban J connectivity index is 1.47. The number of rotatable bonds is 3. The summed E-state index contributed by atoms with van der Waals surface area (Å²) >= 11 is 0. The monoisotopic (exact) mass is 340 g/mol. The second-order valence-electron chi connectivity index (χ2n) is 7.21. The molecule has 128 valence electrons. The summed E-state index contributed by atoms with van der Waals surface area (Å²) in [5.74, 6) is 0.608. The quantitative estimate of drug-likeness (QED) is 0.783. The fourth-order valence-corrected chi connectivity index (χ4v) is 4.72. The van der Waals surface area contributed by atoms with E-state index in [9.17, 15) is 4.79 Å². The Morgan fingerprint density at radius 3 is 2.19 bits per heavy atom. The van der Waals surface area contributed by atoms with E-state index >= 15 is 0 Å². The van der Waals surface area contributed by atoms with Crippen molar-refractivity contribution >= 4 is 5.91 Å². The average molecular weight is 340 g/mol. The highest BCUT2D eigenvalue weighted by Crippen LogP contribution is 2.55. The molecule has 3 nitrogen and oxygen atoms in total. The predicted octanol–water partition coefficient (Wildman–Crippen LogP) is 4.00. The van der Waals surface area contributed by atoms with Gasteiger partial charge in [-0.25, -0.2) is 0 Å². The Morgan fingerprint density at radius 1 is 0.923 bits per heavy atom. The standard InChI is InChI=1S/C23H20N2O/c26-23(25-14-15-6-5-11-24-13-15)21-12-20-16-7-1-3-9-18(16)22(21)19-10-4-2-8-17(19)20/h1-11,13,20-22H,12,14H2,(H,25,26)/t20?,21-,22?/m0/s1. The molecule has 2 aromatic carbocycles. The highest BCUT2D eigenvalue weighted by atomic mass is 16.1. The number of hydrogen-bond acceptors (Lipinski definition) is 2. The van der Waals surface area contributed by atoms with Gasteiger partial charge >= 0.3 is 0 Å². The number of nitrogens with zero attached hydrogens (tertiary/aromatic N) is 1. The first kappa shape index (κ1) is 15.3. The van der Waals surface area contributed by atoms with Crippen molar-refractivity contribution in [1.29, 1.82) is 0 Å². The van der Waals surface area contributed by atoms with E-state index in [1.807, 2.05) is 12.1 Å². The van der Waals surface area contributed by atoms with Crippen LogP contribution >= 0.6 is 0 Å². The third-order valence-electron chi connectivity index (χ3n) is 5.83. The van der Waals surface area contributed by atoms with Gasteiger partial charge in [-0.3, -0.25) is 9.78 Å². The molecular weight excluding hydrogens is 320 g/mol. The second kappa shape index (κ2) is 6.10. The minimum atomic E-state index is -0.0125. The van der Waals surface area contributed by atoms with Crippen LogP contribution in [0.25, 0.3) is 0 Å². The van der Waals surface area contributed by atoms with Gasteiger partial charge in [0.15, 0.2) is 0 Å². The van der Waals surface area contributed by atoms with Crippen molar-refractivity contribution < 1.29 is 4.79 Å². The van der Waals surface area contributed by atoms with Crippen molar-refractivity contribution in [3.8, 4) is 0 Å². The van der Waals surface area contributed by atoms with E-state index in [1.165, 1.54) is 22.3 Å². The number of nitrogens with one attached hydrogen (secondary N) is 1. The first-order chi connectivity index (χ1) is 12.8. The van der Waals surface area contributed by atoms with Crippen molar-refractivity contribution in [1.82, 2.24) is 10.3 Å². The molecule has 0 fully saturated rings. The number of benzene rings is 2.